The second-order valence-electron chi connectivity index (χ2n) is 6.18. The first-order valence-electron chi connectivity index (χ1n) is 8.83. The predicted molar refractivity (Wildman–Crippen MR) is 107 cm³/mol. The molecule has 1 heterocycles. The molecule has 1 aromatic heterocycles. The van der Waals surface area contributed by atoms with E-state index in [9.17, 15) is 28.1 Å². The molecule has 0 saturated heterocycles. The van der Waals surface area contributed by atoms with Crippen molar-refractivity contribution in [1.82, 2.24) is 15.4 Å². The summed E-state index contributed by atoms with van der Waals surface area (Å²) in [4.78, 5) is 30.6. The second-order valence-corrected chi connectivity index (χ2v) is 6.18. The lowest BCUT2D eigenvalue weighted by atomic mass is 10.2. The zero-order chi connectivity index (χ0) is 23.3. The summed E-state index contributed by atoms with van der Waals surface area (Å²) >= 11 is 0. The van der Waals surface area contributed by atoms with Gasteiger partial charge in [0.25, 0.3) is 5.91 Å². The van der Waals surface area contributed by atoms with Gasteiger partial charge in [-0.05, 0) is 48.5 Å². The van der Waals surface area contributed by atoms with Crippen LogP contribution in [0.15, 0.2) is 54.9 Å². The van der Waals surface area contributed by atoms with E-state index in [1.54, 1.807) is 12.1 Å². The lowest BCUT2D eigenvalue weighted by Crippen LogP contribution is -2.30. The normalized spacial score (nSPS) is 10.9. The van der Waals surface area contributed by atoms with Crippen LogP contribution in [0.1, 0.15) is 15.9 Å². The van der Waals surface area contributed by atoms with Gasteiger partial charge in [-0.25, -0.2) is 9.97 Å². The number of hydrogen-bond acceptors (Lipinski definition) is 8. The SMILES string of the molecule is COc1ccc(C(=O)NNc2ncnc(Nc3ccc(C(F)(F)F)cc3)c2[N+](=O)[O-])cc1. The Balaban J connectivity index is 1.78. The van der Waals surface area contributed by atoms with Gasteiger partial charge in [-0.2, -0.15) is 13.2 Å². The number of hydrazine groups is 1. The minimum Gasteiger partial charge on any atom is -0.497 e. The highest BCUT2D eigenvalue weighted by atomic mass is 19.4. The first kappa shape index (κ1) is 22.3. The summed E-state index contributed by atoms with van der Waals surface area (Å²) in [6, 6.07) is 9.96. The number of hydrogen-bond donors (Lipinski definition) is 3. The Kier molecular flexibility index (Phi) is 6.37. The van der Waals surface area contributed by atoms with Crippen molar-refractivity contribution in [1.29, 1.82) is 0 Å². The van der Waals surface area contributed by atoms with Crippen molar-refractivity contribution in [3.63, 3.8) is 0 Å². The molecule has 0 aliphatic heterocycles. The lowest BCUT2D eigenvalue weighted by Gasteiger charge is -2.12. The summed E-state index contributed by atoms with van der Waals surface area (Å²) in [5, 5.41) is 14.2. The smallest absolute Gasteiger partial charge is 0.416 e. The highest BCUT2D eigenvalue weighted by Gasteiger charge is 2.30. The molecular formula is C19H15F3N6O4. The van der Waals surface area contributed by atoms with Crippen molar-refractivity contribution in [3.8, 4) is 5.75 Å². The minimum absolute atomic E-state index is 0.132. The van der Waals surface area contributed by atoms with E-state index in [2.05, 4.69) is 26.1 Å². The van der Waals surface area contributed by atoms with Crippen LogP contribution < -0.4 is 20.9 Å². The van der Waals surface area contributed by atoms with E-state index >= 15 is 0 Å². The Morgan fingerprint density at radius 3 is 2.22 bits per heavy atom. The van der Waals surface area contributed by atoms with E-state index < -0.39 is 28.3 Å². The molecule has 166 valence electrons. The van der Waals surface area contributed by atoms with Gasteiger partial charge in [-0.3, -0.25) is 25.8 Å². The van der Waals surface area contributed by atoms with Crippen LogP contribution in [-0.2, 0) is 6.18 Å². The average Bonchev–Trinajstić information content (AvgIpc) is 2.77. The quantitative estimate of drug-likeness (QED) is 0.366. The molecule has 32 heavy (non-hydrogen) atoms. The molecule has 0 aliphatic carbocycles. The largest absolute Gasteiger partial charge is 0.497 e. The van der Waals surface area contributed by atoms with E-state index in [1.165, 1.54) is 19.2 Å². The maximum absolute atomic E-state index is 12.7. The number of nitro groups is 1. The predicted octanol–water partition coefficient (Wildman–Crippen LogP) is 3.91. The molecule has 0 spiro atoms. The molecule has 0 aliphatic rings. The molecule has 13 heteroatoms. The van der Waals surface area contributed by atoms with E-state index in [0.29, 0.717) is 5.75 Å². The van der Waals surface area contributed by atoms with Gasteiger partial charge in [0, 0.05) is 11.3 Å². The molecule has 1 amide bonds. The Labute approximate surface area is 178 Å². The summed E-state index contributed by atoms with van der Waals surface area (Å²) in [5.41, 5.74) is 3.54. The molecule has 3 N–H and O–H groups in total. The van der Waals surface area contributed by atoms with E-state index in [-0.39, 0.29) is 22.9 Å². The molecule has 0 bridgehead atoms. The van der Waals surface area contributed by atoms with E-state index in [1.807, 2.05) is 0 Å². The maximum atomic E-state index is 12.7. The third kappa shape index (κ3) is 5.19. The second kappa shape index (κ2) is 9.16. The Morgan fingerprint density at radius 1 is 1.03 bits per heavy atom. The monoisotopic (exact) mass is 448 g/mol. The number of carbonyl (C=O) groups is 1. The zero-order valence-corrected chi connectivity index (χ0v) is 16.3. The molecule has 2 aromatic carbocycles. The van der Waals surface area contributed by atoms with Gasteiger partial charge < -0.3 is 10.1 Å². The standard InChI is InChI=1S/C19H15F3N6O4/c1-32-14-8-2-11(3-9-14)18(29)27-26-17-15(28(30)31)16(23-10-24-17)25-13-6-4-12(5-7-13)19(20,21)22/h2-10H,1H3,(H,27,29)(H2,23,24,25,26). The Hall–Kier alpha value is -4.42. The number of anilines is 3. The van der Waals surface area contributed by atoms with Crippen molar-refractivity contribution in [2.24, 2.45) is 0 Å². The van der Waals surface area contributed by atoms with Crippen LogP contribution in [-0.4, -0.2) is 27.9 Å². The fraction of sp³-hybridized carbons (Fsp3) is 0.105. The summed E-state index contributed by atoms with van der Waals surface area (Å²) in [6.45, 7) is 0. The third-order valence-corrected chi connectivity index (χ3v) is 4.13. The number of carbonyl (C=O) groups excluding carboxylic acids is 1. The number of benzene rings is 2. The van der Waals surface area contributed by atoms with Crippen molar-refractivity contribution < 1.29 is 27.6 Å². The van der Waals surface area contributed by atoms with Crippen molar-refractivity contribution in [3.05, 3.63) is 76.1 Å². The molecule has 0 saturated carbocycles. The van der Waals surface area contributed by atoms with Crippen LogP contribution in [0.4, 0.5) is 36.2 Å². The van der Waals surface area contributed by atoms with E-state index in [0.717, 1.165) is 30.6 Å². The molecule has 0 unspecified atom stereocenters. The van der Waals surface area contributed by atoms with Crippen molar-refractivity contribution >= 4 is 28.9 Å². The summed E-state index contributed by atoms with van der Waals surface area (Å²) in [6.07, 6.45) is -3.53. The number of aromatic nitrogens is 2. The van der Waals surface area contributed by atoms with Gasteiger partial charge in [0.1, 0.15) is 12.1 Å². The van der Waals surface area contributed by atoms with Crippen molar-refractivity contribution in [2.45, 2.75) is 6.18 Å². The molecule has 0 radical (unpaired) electrons. The number of amides is 1. The van der Waals surface area contributed by atoms with Gasteiger partial charge in [0.2, 0.25) is 11.6 Å². The third-order valence-electron chi connectivity index (χ3n) is 4.13. The van der Waals surface area contributed by atoms with Gasteiger partial charge in [-0.15, -0.1) is 0 Å². The Morgan fingerprint density at radius 2 is 1.66 bits per heavy atom. The first-order valence-corrected chi connectivity index (χ1v) is 8.83. The molecule has 0 fully saturated rings. The summed E-state index contributed by atoms with van der Waals surface area (Å²) < 4.78 is 43.1. The number of alkyl halides is 3. The van der Waals surface area contributed by atoms with Crippen LogP contribution >= 0.6 is 0 Å². The highest BCUT2D eigenvalue weighted by Crippen LogP contribution is 2.33. The Bertz CT molecular complexity index is 1120. The number of methoxy groups -OCH3 is 1. The molecule has 10 nitrogen and oxygen atoms in total. The fourth-order valence-electron chi connectivity index (χ4n) is 2.54. The van der Waals surface area contributed by atoms with Crippen LogP contribution in [0.3, 0.4) is 0 Å². The van der Waals surface area contributed by atoms with Gasteiger partial charge >= 0.3 is 11.9 Å². The van der Waals surface area contributed by atoms with Crippen LogP contribution in [0, 0.1) is 10.1 Å². The zero-order valence-electron chi connectivity index (χ0n) is 16.3. The number of nitrogens with zero attached hydrogens (tertiary/aromatic N) is 3. The number of rotatable bonds is 7. The molecule has 3 aromatic rings. The van der Waals surface area contributed by atoms with Crippen molar-refractivity contribution in [2.75, 3.05) is 17.9 Å². The van der Waals surface area contributed by atoms with Crippen LogP contribution in [0.5, 0.6) is 5.75 Å². The molecule has 0 atom stereocenters. The van der Waals surface area contributed by atoms with E-state index in [4.69, 9.17) is 4.74 Å². The molecular weight excluding hydrogens is 433 g/mol. The minimum atomic E-state index is -4.52. The molecule has 3 rings (SSSR count). The summed E-state index contributed by atoms with van der Waals surface area (Å²) in [7, 11) is 1.47. The summed E-state index contributed by atoms with van der Waals surface area (Å²) in [5.74, 6) is -0.676. The average molecular weight is 448 g/mol. The topological polar surface area (TPSA) is 131 Å². The fourth-order valence-corrected chi connectivity index (χ4v) is 2.54. The van der Waals surface area contributed by atoms with Gasteiger partial charge in [-0.1, -0.05) is 0 Å². The number of nitrogens with one attached hydrogen (secondary N) is 3. The highest BCUT2D eigenvalue weighted by molar-refractivity contribution is 5.95. The number of ether oxygens (including phenoxy) is 1. The van der Waals surface area contributed by atoms with Crippen LogP contribution in [0.2, 0.25) is 0 Å². The number of halogens is 3. The van der Waals surface area contributed by atoms with Gasteiger partial charge in [0.15, 0.2) is 0 Å². The first-order chi connectivity index (χ1) is 15.2. The lowest BCUT2D eigenvalue weighted by molar-refractivity contribution is -0.383. The van der Waals surface area contributed by atoms with Crippen LogP contribution in [0.25, 0.3) is 0 Å². The van der Waals surface area contributed by atoms with Gasteiger partial charge in [0.05, 0.1) is 17.6 Å². The maximum Gasteiger partial charge on any atom is 0.416 e.